The minimum Gasteiger partial charge on any atom is -0.359 e. The monoisotopic (exact) mass is 384 g/mol. The fourth-order valence-corrected chi connectivity index (χ4v) is 5.43. The van der Waals surface area contributed by atoms with Gasteiger partial charge < -0.3 is 5.32 Å². The summed E-state index contributed by atoms with van der Waals surface area (Å²) in [5, 5.41) is 2.83. The van der Waals surface area contributed by atoms with E-state index in [0.717, 1.165) is 0 Å². The number of nitrogens with zero attached hydrogens (tertiary/aromatic N) is 1. The molecule has 0 bridgehead atoms. The molecule has 1 heterocycles. The Morgan fingerprint density at radius 3 is 2.14 bits per heavy atom. The summed E-state index contributed by atoms with van der Waals surface area (Å²) in [5.41, 5.74) is 0. The van der Waals surface area contributed by atoms with Gasteiger partial charge in [-0.3, -0.25) is 4.79 Å². The third kappa shape index (κ3) is 3.51. The van der Waals surface area contributed by atoms with Gasteiger partial charge in [-0.1, -0.05) is 34.8 Å². The fraction of sp³-hybridized carbons (Fsp3) is 0.462. The molecule has 1 aromatic rings. The van der Waals surface area contributed by atoms with Gasteiger partial charge in [-0.2, -0.15) is 4.31 Å². The number of amides is 1. The second-order valence-electron chi connectivity index (χ2n) is 4.99. The zero-order valence-electron chi connectivity index (χ0n) is 11.8. The SMILES string of the molecule is CNC(=O)C1CCN(S(=O)(=O)c2c(Cl)cc(Cl)cc2Cl)CC1. The lowest BCUT2D eigenvalue weighted by molar-refractivity contribution is -0.125. The Balaban J connectivity index is 2.25. The van der Waals surface area contributed by atoms with Crippen molar-refractivity contribution in [2.75, 3.05) is 20.1 Å². The van der Waals surface area contributed by atoms with Crippen molar-refractivity contribution in [2.45, 2.75) is 17.7 Å². The molecule has 122 valence electrons. The summed E-state index contributed by atoms with van der Waals surface area (Å²) in [4.78, 5) is 11.5. The van der Waals surface area contributed by atoms with E-state index in [2.05, 4.69) is 5.32 Å². The van der Waals surface area contributed by atoms with Crippen molar-refractivity contribution in [1.29, 1.82) is 0 Å². The van der Waals surface area contributed by atoms with E-state index in [4.69, 9.17) is 34.8 Å². The summed E-state index contributed by atoms with van der Waals surface area (Å²) < 4.78 is 26.7. The molecule has 0 saturated carbocycles. The van der Waals surface area contributed by atoms with Crippen LogP contribution >= 0.6 is 34.8 Å². The Bertz CT molecular complexity index is 663. The van der Waals surface area contributed by atoms with Crippen LogP contribution in [0.15, 0.2) is 17.0 Å². The highest BCUT2D eigenvalue weighted by molar-refractivity contribution is 7.89. The lowest BCUT2D eigenvalue weighted by atomic mass is 9.97. The van der Waals surface area contributed by atoms with Crippen molar-refractivity contribution < 1.29 is 13.2 Å². The number of hydrogen-bond acceptors (Lipinski definition) is 3. The number of hydrogen-bond donors (Lipinski definition) is 1. The topological polar surface area (TPSA) is 66.5 Å². The van der Waals surface area contributed by atoms with Crippen LogP contribution in [-0.2, 0) is 14.8 Å². The highest BCUT2D eigenvalue weighted by atomic mass is 35.5. The lowest BCUT2D eigenvalue weighted by Gasteiger charge is -2.30. The summed E-state index contributed by atoms with van der Waals surface area (Å²) in [6.45, 7) is 0.491. The van der Waals surface area contributed by atoms with E-state index in [0.29, 0.717) is 12.8 Å². The Morgan fingerprint density at radius 2 is 1.68 bits per heavy atom. The Morgan fingerprint density at radius 1 is 1.18 bits per heavy atom. The number of carbonyl (C=O) groups is 1. The van der Waals surface area contributed by atoms with Crippen LogP contribution in [0, 0.1) is 5.92 Å². The van der Waals surface area contributed by atoms with E-state index < -0.39 is 10.0 Å². The first-order valence-electron chi connectivity index (χ1n) is 6.63. The van der Waals surface area contributed by atoms with Crippen LogP contribution in [0.2, 0.25) is 15.1 Å². The third-order valence-electron chi connectivity index (χ3n) is 3.63. The number of carbonyl (C=O) groups excluding carboxylic acids is 1. The molecule has 0 unspecified atom stereocenters. The van der Waals surface area contributed by atoms with Crippen molar-refractivity contribution in [3.8, 4) is 0 Å². The predicted octanol–water partition coefficient (Wildman–Crippen LogP) is 2.79. The number of benzene rings is 1. The number of piperidine rings is 1. The average molecular weight is 386 g/mol. The maximum Gasteiger partial charge on any atom is 0.246 e. The molecule has 1 aromatic carbocycles. The summed E-state index contributed by atoms with van der Waals surface area (Å²) in [5.74, 6) is -0.243. The van der Waals surface area contributed by atoms with Crippen molar-refractivity contribution in [1.82, 2.24) is 9.62 Å². The zero-order valence-corrected chi connectivity index (χ0v) is 14.9. The van der Waals surface area contributed by atoms with E-state index in [1.54, 1.807) is 7.05 Å². The van der Waals surface area contributed by atoms with Gasteiger partial charge in [0, 0.05) is 31.1 Å². The van der Waals surface area contributed by atoms with Crippen LogP contribution in [0.25, 0.3) is 0 Å². The molecule has 1 saturated heterocycles. The largest absolute Gasteiger partial charge is 0.359 e. The van der Waals surface area contributed by atoms with Crippen LogP contribution < -0.4 is 5.32 Å². The molecule has 0 radical (unpaired) electrons. The normalized spacial score (nSPS) is 17.5. The Kier molecular flexibility index (Phi) is 5.61. The standard InChI is InChI=1S/C13H15Cl3N2O3S/c1-17-13(19)8-2-4-18(5-3-8)22(20,21)12-10(15)6-9(14)7-11(12)16/h6-8H,2-5H2,1H3,(H,17,19). The van der Waals surface area contributed by atoms with E-state index in [1.807, 2.05) is 0 Å². The fourth-order valence-electron chi connectivity index (χ4n) is 2.47. The molecule has 22 heavy (non-hydrogen) atoms. The second-order valence-corrected chi connectivity index (χ2v) is 8.12. The van der Waals surface area contributed by atoms with Crippen LogP contribution in [0.1, 0.15) is 12.8 Å². The molecular formula is C13H15Cl3N2O3S. The van der Waals surface area contributed by atoms with Gasteiger partial charge in [0.15, 0.2) is 0 Å². The molecule has 1 amide bonds. The van der Waals surface area contributed by atoms with Crippen molar-refractivity contribution in [2.24, 2.45) is 5.92 Å². The quantitative estimate of drug-likeness (QED) is 0.870. The summed E-state index contributed by atoms with van der Waals surface area (Å²) in [6.07, 6.45) is 0.920. The van der Waals surface area contributed by atoms with Crippen LogP contribution in [0.5, 0.6) is 0 Å². The van der Waals surface area contributed by atoms with Crippen LogP contribution in [-0.4, -0.2) is 38.8 Å². The molecule has 0 atom stereocenters. The van der Waals surface area contributed by atoms with Crippen LogP contribution in [0.3, 0.4) is 0 Å². The smallest absolute Gasteiger partial charge is 0.246 e. The molecule has 0 aliphatic carbocycles. The van der Waals surface area contributed by atoms with Crippen LogP contribution in [0.4, 0.5) is 0 Å². The Labute approximate surface area is 144 Å². The average Bonchev–Trinajstić information content (AvgIpc) is 2.45. The Hall–Kier alpha value is -0.530. The van der Waals surface area contributed by atoms with E-state index in [-0.39, 0.29) is 44.9 Å². The van der Waals surface area contributed by atoms with E-state index in [9.17, 15) is 13.2 Å². The number of halogens is 3. The first kappa shape index (κ1) is 17.8. The second kappa shape index (κ2) is 6.93. The maximum atomic E-state index is 12.7. The molecule has 1 aliphatic heterocycles. The van der Waals surface area contributed by atoms with Gasteiger partial charge in [-0.25, -0.2) is 8.42 Å². The molecule has 1 fully saturated rings. The zero-order chi connectivity index (χ0) is 16.5. The number of rotatable bonds is 3. The van der Waals surface area contributed by atoms with E-state index in [1.165, 1.54) is 16.4 Å². The third-order valence-corrected chi connectivity index (χ3v) is 6.67. The first-order valence-corrected chi connectivity index (χ1v) is 9.21. The summed E-state index contributed by atoms with van der Waals surface area (Å²) in [7, 11) is -2.25. The van der Waals surface area contributed by atoms with Gasteiger partial charge in [0.25, 0.3) is 0 Å². The first-order chi connectivity index (χ1) is 10.3. The molecule has 1 aliphatic rings. The van der Waals surface area contributed by atoms with Gasteiger partial charge in [0.2, 0.25) is 15.9 Å². The number of sulfonamides is 1. The van der Waals surface area contributed by atoms with E-state index >= 15 is 0 Å². The maximum absolute atomic E-state index is 12.7. The minimum atomic E-state index is -3.82. The van der Waals surface area contributed by atoms with Gasteiger partial charge in [0.1, 0.15) is 4.90 Å². The molecule has 9 heteroatoms. The molecule has 5 nitrogen and oxygen atoms in total. The van der Waals surface area contributed by atoms with Crippen molar-refractivity contribution in [3.05, 3.63) is 27.2 Å². The van der Waals surface area contributed by atoms with Gasteiger partial charge in [-0.15, -0.1) is 0 Å². The summed E-state index contributed by atoms with van der Waals surface area (Å²) >= 11 is 17.8. The predicted molar refractivity (Wildman–Crippen MR) is 87.0 cm³/mol. The number of nitrogens with one attached hydrogen (secondary N) is 1. The molecule has 0 spiro atoms. The highest BCUT2D eigenvalue weighted by Crippen LogP contribution is 2.35. The molecule has 0 aromatic heterocycles. The lowest BCUT2D eigenvalue weighted by Crippen LogP contribution is -2.42. The minimum absolute atomic E-state index is 0.00840. The molecular weight excluding hydrogens is 371 g/mol. The van der Waals surface area contributed by atoms with Gasteiger partial charge >= 0.3 is 0 Å². The summed E-state index contributed by atoms with van der Waals surface area (Å²) in [6, 6.07) is 2.69. The molecule has 2 rings (SSSR count). The van der Waals surface area contributed by atoms with Gasteiger partial charge in [0.05, 0.1) is 10.0 Å². The van der Waals surface area contributed by atoms with Crippen molar-refractivity contribution >= 4 is 50.7 Å². The van der Waals surface area contributed by atoms with Crippen molar-refractivity contribution in [3.63, 3.8) is 0 Å². The highest BCUT2D eigenvalue weighted by Gasteiger charge is 2.34. The molecule has 1 N–H and O–H groups in total. The van der Waals surface area contributed by atoms with Gasteiger partial charge in [-0.05, 0) is 25.0 Å².